The molecule has 0 bridgehead atoms. The first-order chi connectivity index (χ1) is 9.63. The number of halogens is 1. The maximum atomic E-state index is 11.3. The fraction of sp³-hybridized carbons (Fsp3) is 0.154. The highest BCUT2D eigenvalue weighted by Gasteiger charge is 2.16. The van der Waals surface area contributed by atoms with Gasteiger partial charge in [0.05, 0.1) is 0 Å². The van der Waals surface area contributed by atoms with E-state index in [1.54, 1.807) is 6.07 Å². The quantitative estimate of drug-likeness (QED) is 0.880. The lowest BCUT2D eigenvalue weighted by Gasteiger charge is -2.17. The monoisotopic (exact) mass is 334 g/mol. The van der Waals surface area contributed by atoms with Gasteiger partial charge >= 0.3 is 0 Å². The van der Waals surface area contributed by atoms with Crippen LogP contribution in [0.2, 0.25) is 0 Å². The summed E-state index contributed by atoms with van der Waals surface area (Å²) in [5.74, 6) is 1.36. The van der Waals surface area contributed by atoms with Gasteiger partial charge in [0.1, 0.15) is 22.4 Å². The van der Waals surface area contributed by atoms with Crippen LogP contribution in [0.4, 0.5) is 11.5 Å². The Hall–Kier alpha value is -2.15. The predicted octanol–water partition coefficient (Wildman–Crippen LogP) is 2.50. The first-order valence-corrected chi connectivity index (χ1v) is 6.79. The molecule has 0 aliphatic carbocycles. The first-order valence-electron chi connectivity index (χ1n) is 6.00. The molecule has 1 aliphatic heterocycles. The van der Waals surface area contributed by atoms with Crippen molar-refractivity contribution in [3.63, 3.8) is 0 Å². The van der Waals surface area contributed by atoms with Crippen LogP contribution in [0.1, 0.15) is 12.0 Å². The minimum Gasteiger partial charge on any atom is -0.438 e. The van der Waals surface area contributed by atoms with E-state index < -0.39 is 0 Å². The van der Waals surface area contributed by atoms with Gasteiger partial charge in [-0.2, -0.15) is 0 Å². The van der Waals surface area contributed by atoms with E-state index in [0.717, 1.165) is 11.3 Å². The van der Waals surface area contributed by atoms with Gasteiger partial charge in [-0.3, -0.25) is 4.79 Å². The number of carbonyl (C=O) groups excluding carboxylic acids is 1. The van der Waals surface area contributed by atoms with Crippen LogP contribution in [0.3, 0.4) is 0 Å². The summed E-state index contributed by atoms with van der Waals surface area (Å²) in [5, 5.41) is 2.82. The van der Waals surface area contributed by atoms with Gasteiger partial charge in [-0.25, -0.2) is 9.97 Å². The van der Waals surface area contributed by atoms with Crippen LogP contribution in [0.25, 0.3) is 0 Å². The summed E-state index contributed by atoms with van der Waals surface area (Å²) in [6.45, 7) is 0. The molecule has 0 fully saturated rings. The first kappa shape index (κ1) is 12.9. The second kappa shape index (κ2) is 5.09. The number of benzene rings is 1. The zero-order valence-corrected chi connectivity index (χ0v) is 12.0. The van der Waals surface area contributed by atoms with Crippen molar-refractivity contribution in [2.24, 2.45) is 0 Å². The normalized spacial score (nSPS) is 13.6. The van der Waals surface area contributed by atoms with Crippen LogP contribution >= 0.6 is 15.9 Å². The van der Waals surface area contributed by atoms with Gasteiger partial charge in [0.15, 0.2) is 0 Å². The molecular formula is C13H11BrN4O2. The standard InChI is InChI=1S/C13H11BrN4O2/c14-11-12(15)16-6-17-13(11)20-8-2-3-9-7(5-8)1-4-10(19)18-9/h2-3,5-6H,1,4H2,(H,18,19)(H2,15,16,17). The molecule has 0 atom stereocenters. The molecule has 0 spiro atoms. The molecule has 7 heteroatoms. The highest BCUT2D eigenvalue weighted by atomic mass is 79.9. The van der Waals surface area contributed by atoms with Crippen LogP contribution in [-0.2, 0) is 11.2 Å². The van der Waals surface area contributed by atoms with Crippen molar-refractivity contribution in [3.05, 3.63) is 34.6 Å². The van der Waals surface area contributed by atoms with Crippen molar-refractivity contribution in [3.8, 4) is 11.6 Å². The van der Waals surface area contributed by atoms with Crippen molar-refractivity contribution in [1.29, 1.82) is 0 Å². The molecule has 0 saturated carbocycles. The van der Waals surface area contributed by atoms with Crippen molar-refractivity contribution in [2.75, 3.05) is 11.1 Å². The lowest BCUT2D eigenvalue weighted by Crippen LogP contribution is -2.18. The van der Waals surface area contributed by atoms with Crippen molar-refractivity contribution in [2.45, 2.75) is 12.8 Å². The van der Waals surface area contributed by atoms with Gasteiger partial charge in [0.2, 0.25) is 11.8 Å². The lowest BCUT2D eigenvalue weighted by atomic mass is 10.0. The van der Waals surface area contributed by atoms with Gasteiger partial charge in [0, 0.05) is 12.1 Å². The maximum Gasteiger partial charge on any atom is 0.238 e. The fourth-order valence-corrected chi connectivity index (χ4v) is 2.26. The summed E-state index contributed by atoms with van der Waals surface area (Å²) < 4.78 is 6.21. The van der Waals surface area contributed by atoms with Crippen molar-refractivity contribution in [1.82, 2.24) is 9.97 Å². The second-order valence-electron chi connectivity index (χ2n) is 4.35. The molecule has 20 heavy (non-hydrogen) atoms. The topological polar surface area (TPSA) is 90.1 Å². The number of aryl methyl sites for hydroxylation is 1. The van der Waals surface area contributed by atoms with E-state index in [0.29, 0.717) is 34.8 Å². The summed E-state index contributed by atoms with van der Waals surface area (Å²) >= 11 is 3.29. The number of nitrogen functional groups attached to an aromatic ring is 1. The zero-order chi connectivity index (χ0) is 14.1. The number of aromatic nitrogens is 2. The lowest BCUT2D eigenvalue weighted by molar-refractivity contribution is -0.116. The molecular weight excluding hydrogens is 324 g/mol. The van der Waals surface area contributed by atoms with Crippen molar-refractivity contribution < 1.29 is 9.53 Å². The van der Waals surface area contributed by atoms with Crippen LogP contribution < -0.4 is 15.8 Å². The van der Waals surface area contributed by atoms with Gasteiger partial charge < -0.3 is 15.8 Å². The highest BCUT2D eigenvalue weighted by Crippen LogP contribution is 2.33. The minimum atomic E-state index is 0.0393. The number of nitrogens with zero attached hydrogens (tertiary/aromatic N) is 2. The van der Waals surface area contributed by atoms with E-state index in [9.17, 15) is 4.79 Å². The number of nitrogens with two attached hydrogens (primary N) is 1. The fourth-order valence-electron chi connectivity index (χ4n) is 1.97. The summed E-state index contributed by atoms with van der Waals surface area (Å²) in [6, 6.07) is 5.48. The smallest absolute Gasteiger partial charge is 0.238 e. The van der Waals surface area contributed by atoms with Crippen LogP contribution in [-0.4, -0.2) is 15.9 Å². The molecule has 1 aromatic heterocycles. The van der Waals surface area contributed by atoms with E-state index in [2.05, 4.69) is 31.2 Å². The molecule has 0 saturated heterocycles. The summed E-state index contributed by atoms with van der Waals surface area (Å²) in [4.78, 5) is 19.2. The maximum absolute atomic E-state index is 11.3. The third-order valence-electron chi connectivity index (χ3n) is 2.97. The molecule has 2 aromatic rings. The predicted molar refractivity (Wildman–Crippen MR) is 77.6 cm³/mol. The molecule has 2 heterocycles. The van der Waals surface area contributed by atoms with Gasteiger partial charge in [-0.15, -0.1) is 0 Å². The van der Waals surface area contributed by atoms with Gasteiger partial charge in [-0.05, 0) is 46.1 Å². The molecule has 0 radical (unpaired) electrons. The molecule has 102 valence electrons. The number of hydrogen-bond donors (Lipinski definition) is 2. The number of fused-ring (bicyclic) bond motifs is 1. The van der Waals surface area contributed by atoms with E-state index in [1.807, 2.05) is 12.1 Å². The largest absolute Gasteiger partial charge is 0.438 e. The molecule has 1 amide bonds. The number of carbonyl (C=O) groups is 1. The highest BCUT2D eigenvalue weighted by molar-refractivity contribution is 9.10. The Balaban J connectivity index is 1.88. The number of anilines is 2. The Morgan fingerprint density at radius 3 is 3.00 bits per heavy atom. The molecule has 3 rings (SSSR count). The van der Waals surface area contributed by atoms with Crippen LogP contribution in [0.5, 0.6) is 11.6 Å². The summed E-state index contributed by atoms with van der Waals surface area (Å²) in [5.41, 5.74) is 7.55. The third-order valence-corrected chi connectivity index (χ3v) is 3.72. The summed E-state index contributed by atoms with van der Waals surface area (Å²) in [7, 11) is 0. The average molecular weight is 335 g/mol. The molecule has 1 aromatic carbocycles. The van der Waals surface area contributed by atoms with E-state index in [-0.39, 0.29) is 5.91 Å². The molecule has 6 nitrogen and oxygen atoms in total. The number of ether oxygens (including phenoxy) is 1. The molecule has 0 unspecified atom stereocenters. The number of nitrogens with one attached hydrogen (secondary N) is 1. The number of rotatable bonds is 2. The van der Waals surface area contributed by atoms with Gasteiger partial charge in [0.25, 0.3) is 0 Å². The Morgan fingerprint density at radius 2 is 2.15 bits per heavy atom. The molecule has 3 N–H and O–H groups in total. The Labute approximate surface area is 123 Å². The average Bonchev–Trinajstić information content (AvgIpc) is 2.44. The molecule has 1 aliphatic rings. The minimum absolute atomic E-state index is 0.0393. The number of hydrogen-bond acceptors (Lipinski definition) is 5. The van der Waals surface area contributed by atoms with Crippen LogP contribution in [0, 0.1) is 0 Å². The third kappa shape index (κ3) is 2.44. The van der Waals surface area contributed by atoms with Gasteiger partial charge in [-0.1, -0.05) is 0 Å². The summed E-state index contributed by atoms with van der Waals surface area (Å²) in [6.07, 6.45) is 2.53. The van der Waals surface area contributed by atoms with Crippen molar-refractivity contribution >= 4 is 33.3 Å². The SMILES string of the molecule is Nc1ncnc(Oc2ccc3c(c2)CCC(=O)N3)c1Br. The van der Waals surface area contributed by atoms with E-state index >= 15 is 0 Å². The zero-order valence-electron chi connectivity index (χ0n) is 10.4. The number of amides is 1. The van der Waals surface area contributed by atoms with E-state index in [4.69, 9.17) is 10.5 Å². The second-order valence-corrected chi connectivity index (χ2v) is 5.14. The Bertz CT molecular complexity index is 690. The Morgan fingerprint density at radius 1 is 1.30 bits per heavy atom. The Kier molecular flexibility index (Phi) is 3.27. The van der Waals surface area contributed by atoms with E-state index in [1.165, 1.54) is 6.33 Å². The van der Waals surface area contributed by atoms with Crippen LogP contribution in [0.15, 0.2) is 29.0 Å².